The molecule has 216 valence electrons. The van der Waals surface area contributed by atoms with Crippen LogP contribution in [0.25, 0.3) is 0 Å². The number of nitrogens with zero attached hydrogens (tertiary/aromatic N) is 1. The summed E-state index contributed by atoms with van der Waals surface area (Å²) in [4.78, 5) is 50.6. The Morgan fingerprint density at radius 1 is 1.15 bits per heavy atom. The Kier molecular flexibility index (Phi) is 8.43. The third-order valence-corrected chi connectivity index (χ3v) is 6.10. The highest BCUT2D eigenvalue weighted by Gasteiger charge is 2.52. The number of hydrogen-bond donors (Lipinski definition) is 6. The monoisotopic (exact) mass is 570 g/mol. The van der Waals surface area contributed by atoms with Crippen LogP contribution in [0.2, 0.25) is 0 Å². The van der Waals surface area contributed by atoms with Gasteiger partial charge in [0.05, 0.1) is 0 Å². The number of amides is 2. The number of methoxy groups -OCH3 is 1. The molecule has 8 atom stereocenters. The molecule has 0 spiro atoms. The zero-order chi connectivity index (χ0) is 29.3. The Balaban J connectivity index is 1.54. The third kappa shape index (κ3) is 5.79. The summed E-state index contributed by atoms with van der Waals surface area (Å²) in [5.41, 5.74) is 3.65. The minimum atomic E-state index is -1.92. The predicted octanol–water partition coefficient (Wildman–Crippen LogP) is -2.44. The Hall–Kier alpha value is -4.00. The van der Waals surface area contributed by atoms with Gasteiger partial charge in [0, 0.05) is 31.1 Å². The Labute approximate surface area is 222 Å². The van der Waals surface area contributed by atoms with Crippen molar-refractivity contribution in [1.82, 2.24) is 9.55 Å². The normalized spacial score (nSPS) is 28.9. The molecule has 1 aromatic carbocycles. The van der Waals surface area contributed by atoms with Gasteiger partial charge in [0.1, 0.15) is 30.5 Å². The van der Waals surface area contributed by atoms with Crippen LogP contribution in [0, 0.1) is 11.6 Å². The van der Waals surface area contributed by atoms with Crippen molar-refractivity contribution in [1.29, 1.82) is 0 Å². The van der Waals surface area contributed by atoms with Crippen molar-refractivity contribution in [2.45, 2.75) is 49.1 Å². The molecular formula is C23H24F2N4O11. The fourth-order valence-electron chi connectivity index (χ4n) is 4.15. The van der Waals surface area contributed by atoms with Crippen molar-refractivity contribution >= 4 is 17.5 Å². The standard InChI is InChI=1S/C23H24F2N4O11/c1-37-16-15(33)21(29-5-4-13(31)28-23(29)36)39-17(16)18(19(26)34)40-22-14(32)11(30)7-12(38-22)20(35)27-8-2-3-9(24)10(25)6-8/h2-7,11,14-18,21-22,30,32-33H,1H3,(H2,26,34)(H,27,35)(H,28,31,36)/t11-,14-,15+,16-,17-,18?,21+,22+/m0/s1. The van der Waals surface area contributed by atoms with Crippen molar-refractivity contribution in [2.24, 2.45) is 5.73 Å². The van der Waals surface area contributed by atoms with Crippen LogP contribution < -0.4 is 22.3 Å². The zero-order valence-electron chi connectivity index (χ0n) is 20.5. The van der Waals surface area contributed by atoms with Gasteiger partial charge in [-0.1, -0.05) is 0 Å². The van der Waals surface area contributed by atoms with E-state index in [4.69, 9.17) is 24.7 Å². The maximum absolute atomic E-state index is 13.5. The number of primary amides is 1. The van der Waals surface area contributed by atoms with E-state index in [1.807, 2.05) is 4.98 Å². The van der Waals surface area contributed by atoms with E-state index < -0.39 is 89.6 Å². The van der Waals surface area contributed by atoms with Crippen molar-refractivity contribution in [2.75, 3.05) is 12.4 Å². The summed E-state index contributed by atoms with van der Waals surface area (Å²) in [5.74, 6) is -5.28. The van der Waals surface area contributed by atoms with Gasteiger partial charge >= 0.3 is 5.69 Å². The second kappa shape index (κ2) is 11.6. The van der Waals surface area contributed by atoms with Gasteiger partial charge in [-0.2, -0.15) is 0 Å². The van der Waals surface area contributed by atoms with Crippen LogP contribution >= 0.6 is 0 Å². The highest BCUT2D eigenvalue weighted by Crippen LogP contribution is 2.34. The average Bonchev–Trinajstić information content (AvgIpc) is 3.22. The minimum absolute atomic E-state index is 0.165. The number of rotatable bonds is 8. The highest BCUT2D eigenvalue weighted by molar-refractivity contribution is 6.02. The number of halogens is 2. The smallest absolute Gasteiger partial charge is 0.330 e. The first-order valence-electron chi connectivity index (χ1n) is 11.5. The number of benzene rings is 1. The van der Waals surface area contributed by atoms with Gasteiger partial charge < -0.3 is 45.3 Å². The van der Waals surface area contributed by atoms with Crippen LogP contribution in [0.15, 0.2) is 51.9 Å². The lowest BCUT2D eigenvalue weighted by Crippen LogP contribution is -2.53. The van der Waals surface area contributed by atoms with Gasteiger partial charge in [-0.3, -0.25) is 23.9 Å². The summed E-state index contributed by atoms with van der Waals surface area (Å²) in [5, 5.41) is 33.6. The summed E-state index contributed by atoms with van der Waals surface area (Å²) < 4.78 is 49.2. The van der Waals surface area contributed by atoms with Gasteiger partial charge in [0.25, 0.3) is 11.5 Å². The number of aromatic amines is 1. The fourth-order valence-corrected chi connectivity index (χ4v) is 4.15. The van der Waals surface area contributed by atoms with E-state index in [9.17, 15) is 43.3 Å². The zero-order valence-corrected chi connectivity index (χ0v) is 20.5. The van der Waals surface area contributed by atoms with Crippen LogP contribution in [0.1, 0.15) is 6.23 Å². The molecule has 15 nitrogen and oxygen atoms in total. The van der Waals surface area contributed by atoms with E-state index in [0.29, 0.717) is 6.07 Å². The number of aliphatic hydroxyl groups is 3. The number of nitrogens with one attached hydrogen (secondary N) is 2. The fraction of sp³-hybridized carbons (Fsp3) is 0.391. The first kappa shape index (κ1) is 29.0. The second-order valence-electron chi connectivity index (χ2n) is 8.74. The van der Waals surface area contributed by atoms with E-state index in [-0.39, 0.29) is 5.69 Å². The molecule has 2 amide bonds. The number of carbonyl (C=O) groups is 2. The van der Waals surface area contributed by atoms with E-state index in [1.165, 1.54) is 0 Å². The number of nitrogens with two attached hydrogens (primary N) is 1. The molecule has 4 rings (SSSR count). The van der Waals surface area contributed by atoms with Gasteiger partial charge in [0.2, 0.25) is 12.2 Å². The van der Waals surface area contributed by atoms with Gasteiger partial charge in [-0.05, 0) is 18.2 Å². The molecular weight excluding hydrogens is 546 g/mol. The van der Waals surface area contributed by atoms with Crippen molar-refractivity contribution < 1.29 is 52.6 Å². The third-order valence-electron chi connectivity index (χ3n) is 6.10. The van der Waals surface area contributed by atoms with E-state index in [1.54, 1.807) is 0 Å². The molecule has 2 aliphatic rings. The van der Waals surface area contributed by atoms with E-state index in [2.05, 4.69) is 5.32 Å². The van der Waals surface area contributed by atoms with Gasteiger partial charge in [-0.25, -0.2) is 13.6 Å². The number of H-pyrrole nitrogens is 1. The largest absolute Gasteiger partial charge is 0.456 e. The lowest BCUT2D eigenvalue weighted by Gasteiger charge is -2.35. The van der Waals surface area contributed by atoms with Crippen LogP contribution in [-0.2, 0) is 28.5 Å². The Bertz CT molecular complexity index is 1430. The minimum Gasteiger partial charge on any atom is -0.456 e. The maximum Gasteiger partial charge on any atom is 0.330 e. The predicted molar refractivity (Wildman–Crippen MR) is 126 cm³/mol. The summed E-state index contributed by atoms with van der Waals surface area (Å²) in [7, 11) is 1.15. The average molecular weight is 570 g/mol. The quantitative estimate of drug-likeness (QED) is 0.195. The van der Waals surface area contributed by atoms with Gasteiger partial charge in [0.15, 0.2) is 29.7 Å². The van der Waals surface area contributed by atoms with Crippen molar-refractivity contribution in [3.63, 3.8) is 0 Å². The molecule has 1 saturated heterocycles. The molecule has 2 aromatic rings. The summed E-state index contributed by atoms with van der Waals surface area (Å²) in [6.45, 7) is 0. The first-order chi connectivity index (χ1) is 18.9. The molecule has 1 aromatic heterocycles. The molecule has 0 radical (unpaired) electrons. The SMILES string of the molecule is CO[C@H]1[C@@H](O)[C@H](n2ccc(=O)[nH]c2=O)O[C@@H]1C(O[C@H]1OC(C(=O)Nc2ccc(F)c(F)c2)=C[C@H](O)[C@@H]1O)C(N)=O. The number of carbonyl (C=O) groups excluding carboxylic acids is 2. The van der Waals surface area contributed by atoms with Crippen molar-refractivity contribution in [3.05, 3.63) is 74.8 Å². The maximum atomic E-state index is 13.5. The lowest BCUT2D eigenvalue weighted by atomic mass is 10.0. The molecule has 0 aliphatic carbocycles. The van der Waals surface area contributed by atoms with Crippen molar-refractivity contribution in [3.8, 4) is 0 Å². The van der Waals surface area contributed by atoms with Crippen LogP contribution in [-0.4, -0.2) is 86.7 Å². The molecule has 3 heterocycles. The number of aliphatic hydroxyl groups excluding tert-OH is 3. The summed E-state index contributed by atoms with van der Waals surface area (Å²) >= 11 is 0. The summed E-state index contributed by atoms with van der Waals surface area (Å²) in [6.07, 6.45) is -11.5. The molecule has 2 aliphatic heterocycles. The van der Waals surface area contributed by atoms with Crippen LogP contribution in [0.5, 0.6) is 0 Å². The molecule has 40 heavy (non-hydrogen) atoms. The summed E-state index contributed by atoms with van der Waals surface area (Å²) in [6, 6.07) is 3.50. The number of hydrogen-bond acceptors (Lipinski definition) is 11. The second-order valence-corrected chi connectivity index (χ2v) is 8.74. The Morgan fingerprint density at radius 3 is 2.50 bits per heavy atom. The van der Waals surface area contributed by atoms with Crippen LogP contribution in [0.3, 0.4) is 0 Å². The lowest BCUT2D eigenvalue weighted by molar-refractivity contribution is -0.241. The number of aromatic nitrogens is 2. The van der Waals surface area contributed by atoms with Gasteiger partial charge in [-0.15, -0.1) is 0 Å². The first-order valence-corrected chi connectivity index (χ1v) is 11.5. The number of anilines is 1. The topological polar surface area (TPSA) is 225 Å². The molecule has 0 saturated carbocycles. The van der Waals surface area contributed by atoms with E-state index in [0.717, 1.165) is 42.1 Å². The number of ether oxygens (including phenoxy) is 4. The molecule has 0 bridgehead atoms. The van der Waals surface area contributed by atoms with E-state index >= 15 is 0 Å². The molecule has 1 fully saturated rings. The van der Waals surface area contributed by atoms with Crippen LogP contribution in [0.4, 0.5) is 14.5 Å². The molecule has 7 N–H and O–H groups in total. The highest BCUT2D eigenvalue weighted by atomic mass is 19.2. The molecule has 1 unspecified atom stereocenters. The Morgan fingerprint density at radius 2 is 1.88 bits per heavy atom. The molecule has 17 heteroatoms.